The maximum Gasteiger partial charge on any atom is 0.253 e. The molecule has 128 valence electrons. The highest BCUT2D eigenvalue weighted by atomic mass is 35.5. The zero-order chi connectivity index (χ0) is 16.9. The summed E-state index contributed by atoms with van der Waals surface area (Å²) >= 11 is 5.86. The number of benzene rings is 1. The van der Waals surface area contributed by atoms with E-state index in [0.717, 1.165) is 38.8 Å². The summed E-state index contributed by atoms with van der Waals surface area (Å²) in [5.41, 5.74) is 0.0724. The van der Waals surface area contributed by atoms with Crippen molar-refractivity contribution in [2.45, 2.75) is 51.2 Å². The van der Waals surface area contributed by atoms with Crippen molar-refractivity contribution in [1.29, 1.82) is 0 Å². The molecule has 23 heavy (non-hydrogen) atoms. The Hall–Kier alpha value is -1.10. The Balaban J connectivity index is 1.81. The van der Waals surface area contributed by atoms with Crippen molar-refractivity contribution in [2.24, 2.45) is 0 Å². The molecule has 0 aliphatic carbocycles. The lowest BCUT2D eigenvalue weighted by Gasteiger charge is -2.35. The van der Waals surface area contributed by atoms with Gasteiger partial charge in [-0.05, 0) is 49.9 Å². The van der Waals surface area contributed by atoms with Crippen LogP contribution in [0, 0.1) is 0 Å². The van der Waals surface area contributed by atoms with Gasteiger partial charge in [-0.1, -0.05) is 25.4 Å². The number of piperidine rings is 1. The van der Waals surface area contributed by atoms with Crippen molar-refractivity contribution in [3.05, 3.63) is 34.9 Å². The third-order valence-corrected chi connectivity index (χ3v) is 5.16. The molecule has 2 N–H and O–H groups in total. The summed E-state index contributed by atoms with van der Waals surface area (Å²) in [4.78, 5) is 14.3. The first-order chi connectivity index (χ1) is 11.0. The Morgan fingerprint density at radius 1 is 1.26 bits per heavy atom. The fourth-order valence-electron chi connectivity index (χ4n) is 2.90. The van der Waals surface area contributed by atoms with Gasteiger partial charge in [-0.15, -0.1) is 0 Å². The molecule has 1 aliphatic heterocycles. The van der Waals surface area contributed by atoms with E-state index >= 15 is 0 Å². The maximum atomic E-state index is 12.4. The van der Waals surface area contributed by atoms with E-state index in [1.54, 1.807) is 24.3 Å². The number of halogens is 1. The number of hydrogen-bond acceptors (Lipinski definition) is 3. The second-order valence-electron chi connectivity index (χ2n) is 6.39. The number of rotatable bonds is 6. The third-order valence-electron chi connectivity index (χ3n) is 4.91. The minimum absolute atomic E-state index is 0.0683. The molecule has 1 aromatic carbocycles. The van der Waals surface area contributed by atoms with Gasteiger partial charge in [0.2, 0.25) is 0 Å². The number of aliphatic hydroxyl groups is 1. The van der Waals surface area contributed by atoms with Crippen LogP contribution in [0.1, 0.15) is 49.9 Å². The Labute approximate surface area is 143 Å². The highest BCUT2D eigenvalue weighted by molar-refractivity contribution is 6.30. The summed E-state index contributed by atoms with van der Waals surface area (Å²) < 4.78 is 0. The lowest BCUT2D eigenvalue weighted by Crippen LogP contribution is -2.49. The number of likely N-dealkylation sites (tertiary alicyclic amines) is 1. The van der Waals surface area contributed by atoms with Gasteiger partial charge < -0.3 is 15.3 Å². The Morgan fingerprint density at radius 3 is 2.35 bits per heavy atom. The van der Waals surface area contributed by atoms with Crippen molar-refractivity contribution < 1.29 is 9.90 Å². The highest BCUT2D eigenvalue weighted by Gasteiger charge is 2.27. The molecule has 4 nitrogen and oxygen atoms in total. The van der Waals surface area contributed by atoms with Crippen LogP contribution < -0.4 is 5.32 Å². The second-order valence-corrected chi connectivity index (χ2v) is 6.82. The first kappa shape index (κ1) is 18.2. The molecule has 0 spiro atoms. The van der Waals surface area contributed by atoms with Crippen LogP contribution in [0.25, 0.3) is 0 Å². The third kappa shape index (κ3) is 4.93. The molecule has 1 saturated heterocycles. The Morgan fingerprint density at radius 2 is 1.83 bits per heavy atom. The molecule has 1 aromatic rings. The summed E-state index contributed by atoms with van der Waals surface area (Å²) in [5.74, 6) is 0.0683. The van der Waals surface area contributed by atoms with Crippen molar-refractivity contribution in [3.8, 4) is 0 Å². The monoisotopic (exact) mass is 338 g/mol. The number of nitrogens with zero attached hydrogens (tertiary/aromatic N) is 1. The summed E-state index contributed by atoms with van der Waals surface area (Å²) in [6, 6.07) is 7.42. The fraction of sp³-hybridized carbons (Fsp3) is 0.611. The average Bonchev–Trinajstić information content (AvgIpc) is 2.60. The number of carbonyl (C=O) groups excluding carboxylic acids is 1. The zero-order valence-corrected chi connectivity index (χ0v) is 14.8. The fourth-order valence-corrected chi connectivity index (χ4v) is 3.02. The molecule has 2 rings (SSSR count). The molecule has 0 aromatic heterocycles. The normalized spacial score (nSPS) is 16.6. The van der Waals surface area contributed by atoms with Crippen LogP contribution in [0.3, 0.4) is 0 Å². The topological polar surface area (TPSA) is 52.6 Å². The van der Waals surface area contributed by atoms with Crippen molar-refractivity contribution >= 4 is 17.5 Å². The van der Waals surface area contributed by atoms with Crippen LogP contribution >= 0.6 is 11.6 Å². The second kappa shape index (κ2) is 8.13. The highest BCUT2D eigenvalue weighted by Crippen LogP contribution is 2.18. The van der Waals surface area contributed by atoms with E-state index in [0.29, 0.717) is 23.2 Å². The van der Waals surface area contributed by atoms with Gasteiger partial charge in [0, 0.05) is 36.3 Å². The summed E-state index contributed by atoms with van der Waals surface area (Å²) in [6.07, 6.45) is 3.35. The van der Waals surface area contributed by atoms with Crippen LogP contribution in [0.5, 0.6) is 0 Å². The van der Waals surface area contributed by atoms with Gasteiger partial charge in [-0.25, -0.2) is 0 Å². The van der Waals surface area contributed by atoms with Gasteiger partial charge in [-0.2, -0.15) is 0 Å². The van der Waals surface area contributed by atoms with Gasteiger partial charge >= 0.3 is 0 Å². The molecule has 1 fully saturated rings. The zero-order valence-electron chi connectivity index (χ0n) is 14.0. The number of carbonyl (C=O) groups is 1. The molecule has 0 radical (unpaired) electrons. The summed E-state index contributed by atoms with van der Waals surface area (Å²) in [7, 11) is 0. The van der Waals surface area contributed by atoms with Gasteiger partial charge in [0.25, 0.3) is 5.91 Å². The number of hydrogen-bond donors (Lipinski definition) is 2. The maximum absolute atomic E-state index is 12.4. The molecule has 0 atom stereocenters. The van der Waals surface area contributed by atoms with Crippen LogP contribution in [0.15, 0.2) is 24.3 Å². The van der Waals surface area contributed by atoms with Crippen LogP contribution in [0.4, 0.5) is 0 Å². The van der Waals surface area contributed by atoms with E-state index in [-0.39, 0.29) is 5.91 Å². The van der Waals surface area contributed by atoms with Crippen molar-refractivity contribution in [1.82, 2.24) is 10.2 Å². The number of amides is 1. The molecule has 1 amide bonds. The smallest absolute Gasteiger partial charge is 0.253 e. The van der Waals surface area contributed by atoms with Crippen molar-refractivity contribution in [3.63, 3.8) is 0 Å². The van der Waals surface area contributed by atoms with E-state index in [2.05, 4.69) is 5.32 Å². The van der Waals surface area contributed by atoms with E-state index < -0.39 is 5.60 Å². The van der Waals surface area contributed by atoms with Crippen LogP contribution in [-0.4, -0.2) is 47.2 Å². The molecule has 0 unspecified atom stereocenters. The number of nitrogens with one attached hydrogen (secondary N) is 1. The predicted octanol–water partition coefficient (Wildman–Crippen LogP) is 3.09. The predicted molar refractivity (Wildman–Crippen MR) is 93.9 cm³/mol. The molecule has 0 saturated carbocycles. The Kier molecular flexibility index (Phi) is 6.45. The first-order valence-electron chi connectivity index (χ1n) is 8.48. The molecule has 5 heteroatoms. The van der Waals surface area contributed by atoms with E-state index in [4.69, 9.17) is 11.6 Å². The molecule has 1 heterocycles. The largest absolute Gasteiger partial charge is 0.389 e. The first-order valence-corrected chi connectivity index (χ1v) is 8.86. The van der Waals surface area contributed by atoms with Crippen LogP contribution in [-0.2, 0) is 0 Å². The van der Waals surface area contributed by atoms with Crippen LogP contribution in [0.2, 0.25) is 5.02 Å². The van der Waals surface area contributed by atoms with Gasteiger partial charge in [0.1, 0.15) is 0 Å². The SMILES string of the molecule is CCC(O)(CC)CNC1CCN(C(=O)c2ccc(Cl)cc2)CC1. The quantitative estimate of drug-likeness (QED) is 0.838. The average molecular weight is 339 g/mol. The standard InChI is InChI=1S/C18H27ClN2O2/c1-3-18(23,4-2)13-20-16-9-11-21(12-10-16)17(22)14-5-7-15(19)8-6-14/h5-8,16,20,23H,3-4,9-13H2,1-2H3. The van der Waals surface area contributed by atoms with E-state index in [9.17, 15) is 9.90 Å². The van der Waals surface area contributed by atoms with Crippen molar-refractivity contribution in [2.75, 3.05) is 19.6 Å². The van der Waals surface area contributed by atoms with Gasteiger partial charge in [-0.3, -0.25) is 4.79 Å². The summed E-state index contributed by atoms with van der Waals surface area (Å²) in [5, 5.41) is 14.4. The molecular formula is C18H27ClN2O2. The lowest BCUT2D eigenvalue weighted by atomic mass is 9.96. The molecule has 1 aliphatic rings. The van der Waals surface area contributed by atoms with E-state index in [1.807, 2.05) is 18.7 Å². The molecular weight excluding hydrogens is 312 g/mol. The van der Waals surface area contributed by atoms with Gasteiger partial charge in [0.15, 0.2) is 0 Å². The minimum atomic E-state index is -0.615. The molecule has 0 bridgehead atoms. The van der Waals surface area contributed by atoms with E-state index in [1.165, 1.54) is 0 Å². The Bertz CT molecular complexity index is 506. The lowest BCUT2D eigenvalue weighted by molar-refractivity contribution is 0.0268. The summed E-state index contributed by atoms with van der Waals surface area (Å²) in [6.45, 7) is 6.14. The minimum Gasteiger partial charge on any atom is -0.389 e. The van der Waals surface area contributed by atoms with Gasteiger partial charge in [0.05, 0.1) is 5.60 Å².